The minimum Gasteiger partial charge on any atom is -0.494 e. The third-order valence-corrected chi connectivity index (χ3v) is 5.32. The second kappa shape index (κ2) is 9.24. The van der Waals surface area contributed by atoms with Gasteiger partial charge in [-0.3, -0.25) is 4.79 Å². The fraction of sp³-hybridized carbons (Fsp3) is 0.348. The fourth-order valence-corrected chi connectivity index (χ4v) is 3.56. The van der Waals surface area contributed by atoms with Crippen molar-refractivity contribution < 1.29 is 22.8 Å². The highest BCUT2D eigenvalue weighted by Crippen LogP contribution is 2.35. The third-order valence-electron chi connectivity index (χ3n) is 5.32. The quantitative estimate of drug-likeness (QED) is 0.470. The molecule has 0 saturated carbocycles. The van der Waals surface area contributed by atoms with Crippen molar-refractivity contribution in [1.82, 2.24) is 15.0 Å². The Hall–Kier alpha value is -3.29. The van der Waals surface area contributed by atoms with Crippen LogP contribution in [0.4, 0.5) is 8.78 Å². The Morgan fingerprint density at radius 3 is 2.61 bits per heavy atom. The Bertz CT molecular complexity index is 1030. The average Bonchev–Trinajstić information content (AvgIpc) is 3.39. The molecule has 4 rings (SSSR count). The van der Waals surface area contributed by atoms with Gasteiger partial charge in [0.1, 0.15) is 23.4 Å². The normalized spacial score (nSPS) is 16.2. The minimum atomic E-state index is -0.689. The molecule has 1 unspecified atom stereocenters. The van der Waals surface area contributed by atoms with Gasteiger partial charge in [0.15, 0.2) is 0 Å². The van der Waals surface area contributed by atoms with Crippen LogP contribution >= 0.6 is 0 Å². The van der Waals surface area contributed by atoms with Crippen LogP contribution in [0.2, 0.25) is 0 Å². The lowest BCUT2D eigenvalue weighted by atomic mass is 10.1. The van der Waals surface area contributed by atoms with Crippen LogP contribution < -0.4 is 4.74 Å². The molecule has 162 valence electrons. The van der Waals surface area contributed by atoms with E-state index in [1.807, 2.05) is 24.3 Å². The van der Waals surface area contributed by atoms with Gasteiger partial charge in [-0.25, -0.2) is 8.78 Å². The lowest BCUT2D eigenvalue weighted by Gasteiger charge is -2.22. The highest BCUT2D eigenvalue weighted by Gasteiger charge is 2.37. The summed E-state index contributed by atoms with van der Waals surface area (Å²) < 4.78 is 39.2. The SMILES string of the molecule is CCCCOc1ccc(-c2noc(C3CCC(=O)N3Cc3c(F)cccc3F)n2)cc1. The molecular formula is C23H23F2N3O3. The highest BCUT2D eigenvalue weighted by atomic mass is 19.1. The van der Waals surface area contributed by atoms with Crippen LogP contribution in [0, 0.1) is 11.6 Å². The molecule has 1 aromatic heterocycles. The number of likely N-dealkylation sites (tertiary alicyclic amines) is 1. The molecule has 2 aromatic carbocycles. The number of ether oxygens (including phenoxy) is 1. The zero-order valence-corrected chi connectivity index (χ0v) is 17.2. The molecule has 1 atom stereocenters. The van der Waals surface area contributed by atoms with Gasteiger partial charge in [-0.15, -0.1) is 0 Å². The maximum absolute atomic E-state index is 14.1. The second-order valence-electron chi connectivity index (χ2n) is 7.46. The summed E-state index contributed by atoms with van der Waals surface area (Å²) in [4.78, 5) is 18.2. The number of benzene rings is 2. The van der Waals surface area contributed by atoms with Crippen molar-refractivity contribution in [2.24, 2.45) is 0 Å². The predicted octanol–water partition coefficient (Wildman–Crippen LogP) is 5.06. The van der Waals surface area contributed by atoms with Gasteiger partial charge >= 0.3 is 0 Å². The molecule has 3 aromatic rings. The van der Waals surface area contributed by atoms with E-state index in [1.54, 1.807) is 0 Å². The van der Waals surface area contributed by atoms with Gasteiger partial charge in [0.2, 0.25) is 17.6 Å². The summed E-state index contributed by atoms with van der Waals surface area (Å²) in [5.74, 6) is -0.189. The Labute approximate surface area is 178 Å². The van der Waals surface area contributed by atoms with Crippen molar-refractivity contribution in [3.8, 4) is 17.1 Å². The Morgan fingerprint density at radius 1 is 1.16 bits per heavy atom. The summed E-state index contributed by atoms with van der Waals surface area (Å²) in [6.07, 6.45) is 2.75. The van der Waals surface area contributed by atoms with Gasteiger partial charge in [-0.05, 0) is 49.2 Å². The first-order chi connectivity index (χ1) is 15.1. The molecule has 0 N–H and O–H groups in total. The fourth-order valence-electron chi connectivity index (χ4n) is 3.56. The standard InChI is InChI=1S/C23H23F2N3O3/c1-2-3-13-30-16-9-7-15(8-10-16)22-26-23(31-27-22)20-11-12-21(29)28(20)14-17-18(24)5-4-6-19(17)25/h4-10,20H,2-3,11-14H2,1H3. The molecule has 8 heteroatoms. The number of hydrogen-bond acceptors (Lipinski definition) is 5. The Balaban J connectivity index is 1.50. The molecule has 0 spiro atoms. The zero-order chi connectivity index (χ0) is 21.8. The number of rotatable bonds is 8. The number of unbranched alkanes of at least 4 members (excludes halogenated alkanes) is 1. The van der Waals surface area contributed by atoms with Gasteiger partial charge in [0.05, 0.1) is 13.2 Å². The van der Waals surface area contributed by atoms with Crippen LogP contribution in [-0.4, -0.2) is 27.6 Å². The van der Waals surface area contributed by atoms with Crippen molar-refractivity contribution in [3.05, 3.63) is 65.6 Å². The number of carbonyl (C=O) groups is 1. The van der Waals surface area contributed by atoms with E-state index in [9.17, 15) is 13.6 Å². The van der Waals surface area contributed by atoms with E-state index in [2.05, 4.69) is 17.1 Å². The lowest BCUT2D eigenvalue weighted by molar-refractivity contribution is -0.130. The number of hydrogen-bond donors (Lipinski definition) is 0. The first-order valence-electron chi connectivity index (χ1n) is 10.4. The first kappa shape index (κ1) is 21.0. The highest BCUT2D eigenvalue weighted by molar-refractivity contribution is 5.78. The van der Waals surface area contributed by atoms with Gasteiger partial charge < -0.3 is 14.2 Å². The number of amides is 1. The summed E-state index contributed by atoms with van der Waals surface area (Å²) in [6.45, 7) is 2.58. The molecule has 1 amide bonds. The van der Waals surface area contributed by atoms with Crippen molar-refractivity contribution in [2.45, 2.75) is 45.2 Å². The van der Waals surface area contributed by atoms with Gasteiger partial charge in [-0.1, -0.05) is 24.6 Å². The van der Waals surface area contributed by atoms with Crippen LogP contribution in [-0.2, 0) is 11.3 Å². The Kier molecular flexibility index (Phi) is 6.25. The molecule has 1 aliphatic heterocycles. The lowest BCUT2D eigenvalue weighted by Crippen LogP contribution is -2.28. The van der Waals surface area contributed by atoms with Crippen molar-refractivity contribution >= 4 is 5.91 Å². The van der Waals surface area contributed by atoms with Gasteiger partial charge in [-0.2, -0.15) is 4.98 Å². The number of halogens is 2. The third kappa shape index (κ3) is 4.57. The number of aromatic nitrogens is 2. The molecular weight excluding hydrogens is 404 g/mol. The van der Waals surface area contributed by atoms with E-state index in [-0.39, 0.29) is 30.3 Å². The zero-order valence-electron chi connectivity index (χ0n) is 17.2. The topological polar surface area (TPSA) is 68.5 Å². The molecule has 0 bridgehead atoms. The van der Waals surface area contributed by atoms with Crippen molar-refractivity contribution in [3.63, 3.8) is 0 Å². The molecule has 1 aliphatic rings. The van der Waals surface area contributed by atoms with Crippen LogP contribution in [0.3, 0.4) is 0 Å². The molecule has 1 saturated heterocycles. The first-order valence-corrected chi connectivity index (χ1v) is 10.4. The largest absolute Gasteiger partial charge is 0.494 e. The average molecular weight is 427 g/mol. The summed E-state index contributed by atoms with van der Waals surface area (Å²) in [5, 5.41) is 4.02. The predicted molar refractivity (Wildman–Crippen MR) is 109 cm³/mol. The molecule has 6 nitrogen and oxygen atoms in total. The molecule has 31 heavy (non-hydrogen) atoms. The van der Waals surface area contributed by atoms with E-state index in [0.29, 0.717) is 18.9 Å². The second-order valence-corrected chi connectivity index (χ2v) is 7.46. The molecule has 2 heterocycles. The van der Waals surface area contributed by atoms with Crippen molar-refractivity contribution in [1.29, 1.82) is 0 Å². The van der Waals surface area contributed by atoms with E-state index >= 15 is 0 Å². The number of nitrogens with zero attached hydrogens (tertiary/aromatic N) is 3. The maximum atomic E-state index is 14.1. The van der Waals surface area contributed by atoms with E-state index in [1.165, 1.54) is 23.1 Å². The number of carbonyl (C=O) groups excluding carboxylic acids is 1. The van der Waals surface area contributed by atoms with Crippen molar-refractivity contribution in [2.75, 3.05) is 6.61 Å². The van der Waals surface area contributed by atoms with Crippen LogP contribution in [0.1, 0.15) is 50.1 Å². The van der Waals surface area contributed by atoms with Gasteiger partial charge in [0, 0.05) is 17.5 Å². The van der Waals surface area contributed by atoms with Crippen LogP contribution in [0.5, 0.6) is 5.75 Å². The minimum absolute atomic E-state index is 0.152. The van der Waals surface area contributed by atoms with Crippen LogP contribution in [0.25, 0.3) is 11.4 Å². The van der Waals surface area contributed by atoms with E-state index in [4.69, 9.17) is 9.26 Å². The van der Waals surface area contributed by atoms with E-state index in [0.717, 1.165) is 24.2 Å². The molecule has 1 fully saturated rings. The summed E-state index contributed by atoms with van der Waals surface area (Å²) in [7, 11) is 0. The maximum Gasteiger partial charge on any atom is 0.249 e. The summed E-state index contributed by atoms with van der Waals surface area (Å²) in [5.41, 5.74) is 0.593. The molecule has 0 aliphatic carbocycles. The van der Waals surface area contributed by atoms with Gasteiger partial charge in [0.25, 0.3) is 0 Å². The smallest absolute Gasteiger partial charge is 0.249 e. The molecule has 0 radical (unpaired) electrons. The monoisotopic (exact) mass is 427 g/mol. The van der Waals surface area contributed by atoms with Crippen LogP contribution in [0.15, 0.2) is 47.0 Å². The Morgan fingerprint density at radius 2 is 1.90 bits per heavy atom. The summed E-state index contributed by atoms with van der Waals surface area (Å²) >= 11 is 0. The van der Waals surface area contributed by atoms with E-state index < -0.39 is 17.7 Å². The summed E-state index contributed by atoms with van der Waals surface area (Å²) in [6, 6.07) is 10.5.